The highest BCUT2D eigenvalue weighted by molar-refractivity contribution is 6.06. The van der Waals surface area contributed by atoms with Gasteiger partial charge >= 0.3 is 0 Å². The van der Waals surface area contributed by atoms with Crippen LogP contribution in [0.25, 0.3) is 10.8 Å². The van der Waals surface area contributed by atoms with Gasteiger partial charge in [0.15, 0.2) is 5.69 Å². The summed E-state index contributed by atoms with van der Waals surface area (Å²) < 4.78 is 6.92. The second-order valence-corrected chi connectivity index (χ2v) is 6.86. The predicted molar refractivity (Wildman–Crippen MR) is 120 cm³/mol. The number of hydrogen-bond donors (Lipinski definition) is 2. The largest absolute Gasteiger partial charge is 0.457 e. The summed E-state index contributed by atoms with van der Waals surface area (Å²) >= 11 is 0. The van der Waals surface area contributed by atoms with Crippen LogP contribution in [0.3, 0.4) is 0 Å². The second kappa shape index (κ2) is 9.13. The Morgan fingerprint density at radius 1 is 0.812 bits per heavy atom. The number of nitrogens with one attached hydrogen (secondary N) is 2. The third-order valence-corrected chi connectivity index (χ3v) is 4.77. The van der Waals surface area contributed by atoms with Crippen LogP contribution < -0.4 is 21.1 Å². The molecule has 3 aromatic carbocycles. The number of aromatic nitrogens is 2. The molecule has 1 aromatic heterocycles. The SMILES string of the molecule is CCn1nc(C(=O)NNC(=O)c2ccc(Oc3ccccc3)cc2)c2ccccc2c1=O. The quantitative estimate of drug-likeness (QED) is 0.475. The van der Waals surface area contributed by atoms with E-state index in [4.69, 9.17) is 4.74 Å². The van der Waals surface area contributed by atoms with Crippen LogP contribution in [-0.4, -0.2) is 21.6 Å². The lowest BCUT2D eigenvalue weighted by molar-refractivity contribution is 0.0843. The molecule has 0 spiro atoms. The Kier molecular flexibility index (Phi) is 5.94. The Bertz CT molecular complexity index is 1330. The maximum absolute atomic E-state index is 12.7. The standard InChI is InChI=1S/C24H20N4O4/c1-2-28-24(31)20-11-7-6-10-19(20)21(27-28)23(30)26-25-22(29)16-12-14-18(15-13-16)32-17-8-4-3-5-9-17/h3-15H,2H2,1H3,(H,25,29)(H,26,30). The molecule has 160 valence electrons. The van der Waals surface area contributed by atoms with Crippen molar-refractivity contribution in [3.05, 3.63) is 100 Å². The zero-order valence-corrected chi connectivity index (χ0v) is 17.2. The van der Waals surface area contributed by atoms with Gasteiger partial charge in [0, 0.05) is 17.5 Å². The van der Waals surface area contributed by atoms with Crippen molar-refractivity contribution in [1.29, 1.82) is 0 Å². The summed E-state index contributed by atoms with van der Waals surface area (Å²) in [5.74, 6) is 0.137. The molecule has 0 aliphatic carbocycles. The van der Waals surface area contributed by atoms with Gasteiger partial charge in [0.1, 0.15) is 11.5 Å². The zero-order valence-electron chi connectivity index (χ0n) is 17.2. The van der Waals surface area contributed by atoms with Gasteiger partial charge < -0.3 is 4.74 Å². The van der Waals surface area contributed by atoms with Gasteiger partial charge in [-0.3, -0.25) is 25.2 Å². The molecule has 0 aliphatic rings. The van der Waals surface area contributed by atoms with Crippen molar-refractivity contribution in [3.63, 3.8) is 0 Å². The molecular weight excluding hydrogens is 408 g/mol. The molecule has 32 heavy (non-hydrogen) atoms. The number of hydrazine groups is 1. The Balaban J connectivity index is 1.46. The molecule has 2 amide bonds. The number of carbonyl (C=O) groups is 2. The molecule has 0 unspecified atom stereocenters. The third-order valence-electron chi connectivity index (χ3n) is 4.77. The summed E-state index contributed by atoms with van der Waals surface area (Å²) in [4.78, 5) is 37.6. The Labute approximate surface area is 183 Å². The highest BCUT2D eigenvalue weighted by Gasteiger charge is 2.17. The fourth-order valence-electron chi connectivity index (χ4n) is 3.16. The van der Waals surface area contributed by atoms with E-state index in [0.717, 1.165) is 0 Å². The molecule has 0 bridgehead atoms. The van der Waals surface area contributed by atoms with Gasteiger partial charge in [-0.15, -0.1) is 0 Å². The first-order valence-electron chi connectivity index (χ1n) is 10.0. The van der Waals surface area contributed by atoms with E-state index >= 15 is 0 Å². The first-order valence-corrected chi connectivity index (χ1v) is 10.0. The molecule has 0 saturated carbocycles. The molecule has 4 rings (SSSR count). The van der Waals surface area contributed by atoms with Crippen molar-refractivity contribution in [3.8, 4) is 11.5 Å². The van der Waals surface area contributed by atoms with E-state index in [0.29, 0.717) is 34.4 Å². The molecule has 8 heteroatoms. The monoisotopic (exact) mass is 428 g/mol. The number of nitrogens with zero attached hydrogens (tertiary/aromatic N) is 2. The molecule has 0 radical (unpaired) electrons. The Hall–Kier alpha value is -4.46. The van der Waals surface area contributed by atoms with Gasteiger partial charge in [-0.1, -0.05) is 36.4 Å². The summed E-state index contributed by atoms with van der Waals surface area (Å²) in [7, 11) is 0. The number of fused-ring (bicyclic) bond motifs is 1. The van der Waals surface area contributed by atoms with Crippen molar-refractivity contribution in [1.82, 2.24) is 20.6 Å². The highest BCUT2D eigenvalue weighted by atomic mass is 16.5. The van der Waals surface area contributed by atoms with Gasteiger partial charge in [-0.25, -0.2) is 4.68 Å². The summed E-state index contributed by atoms with van der Waals surface area (Å²) in [6.07, 6.45) is 0. The smallest absolute Gasteiger partial charge is 0.290 e. The molecule has 1 heterocycles. The maximum atomic E-state index is 12.7. The average Bonchev–Trinajstić information content (AvgIpc) is 2.84. The van der Waals surface area contributed by atoms with E-state index in [1.807, 2.05) is 30.3 Å². The molecule has 0 saturated heterocycles. The lowest BCUT2D eigenvalue weighted by atomic mass is 10.1. The average molecular weight is 428 g/mol. The fourth-order valence-corrected chi connectivity index (χ4v) is 3.16. The van der Waals surface area contributed by atoms with Crippen LogP contribution in [0.5, 0.6) is 11.5 Å². The van der Waals surface area contributed by atoms with Gasteiger partial charge in [0.2, 0.25) is 0 Å². The number of ether oxygens (including phenoxy) is 1. The van der Waals surface area contributed by atoms with Crippen LogP contribution in [0, 0.1) is 0 Å². The molecule has 8 nitrogen and oxygen atoms in total. The number of carbonyl (C=O) groups excluding carboxylic acids is 2. The lowest BCUT2D eigenvalue weighted by Crippen LogP contribution is -2.42. The van der Waals surface area contributed by atoms with Crippen molar-refractivity contribution in [2.75, 3.05) is 0 Å². The first-order chi connectivity index (χ1) is 15.6. The van der Waals surface area contributed by atoms with E-state index in [1.54, 1.807) is 55.5 Å². The summed E-state index contributed by atoms with van der Waals surface area (Å²) in [5, 5.41) is 4.94. The summed E-state index contributed by atoms with van der Waals surface area (Å²) in [6, 6.07) is 22.5. The topological polar surface area (TPSA) is 102 Å². The molecular formula is C24H20N4O4. The maximum Gasteiger partial charge on any atom is 0.290 e. The van der Waals surface area contributed by atoms with E-state index < -0.39 is 11.8 Å². The minimum absolute atomic E-state index is 0.0500. The molecule has 4 aromatic rings. The predicted octanol–water partition coefficient (Wildman–Crippen LogP) is 3.28. The number of aryl methyl sites for hydroxylation is 1. The number of amides is 2. The van der Waals surface area contributed by atoms with Crippen LogP contribution in [-0.2, 0) is 6.54 Å². The minimum atomic E-state index is -0.624. The van der Waals surface area contributed by atoms with Gasteiger partial charge in [-0.05, 0) is 49.4 Å². The number of para-hydroxylation sites is 1. The van der Waals surface area contributed by atoms with E-state index in [1.165, 1.54) is 4.68 Å². The Morgan fingerprint density at radius 2 is 1.41 bits per heavy atom. The first kappa shape index (κ1) is 20.8. The van der Waals surface area contributed by atoms with E-state index in [2.05, 4.69) is 16.0 Å². The lowest BCUT2D eigenvalue weighted by Gasteiger charge is -2.11. The van der Waals surface area contributed by atoms with Crippen molar-refractivity contribution < 1.29 is 14.3 Å². The number of benzene rings is 3. The summed E-state index contributed by atoms with van der Waals surface area (Å²) in [5.41, 5.74) is 4.85. The van der Waals surface area contributed by atoms with Crippen molar-refractivity contribution in [2.45, 2.75) is 13.5 Å². The molecule has 0 aliphatic heterocycles. The van der Waals surface area contributed by atoms with Gasteiger partial charge in [0.05, 0.1) is 5.39 Å². The molecule has 2 N–H and O–H groups in total. The van der Waals surface area contributed by atoms with E-state index in [-0.39, 0.29) is 11.3 Å². The van der Waals surface area contributed by atoms with Crippen LogP contribution in [0.1, 0.15) is 27.8 Å². The van der Waals surface area contributed by atoms with Crippen LogP contribution in [0.2, 0.25) is 0 Å². The Morgan fingerprint density at radius 3 is 2.09 bits per heavy atom. The van der Waals surface area contributed by atoms with Crippen molar-refractivity contribution in [2.24, 2.45) is 0 Å². The van der Waals surface area contributed by atoms with Crippen LogP contribution >= 0.6 is 0 Å². The molecule has 0 atom stereocenters. The van der Waals surface area contributed by atoms with Gasteiger partial charge in [0.25, 0.3) is 17.4 Å². The third kappa shape index (κ3) is 4.34. The zero-order chi connectivity index (χ0) is 22.5. The normalized spacial score (nSPS) is 10.5. The number of hydrogen-bond acceptors (Lipinski definition) is 5. The van der Waals surface area contributed by atoms with E-state index in [9.17, 15) is 14.4 Å². The summed E-state index contributed by atoms with van der Waals surface area (Å²) in [6.45, 7) is 2.07. The molecule has 0 fully saturated rings. The van der Waals surface area contributed by atoms with Gasteiger partial charge in [-0.2, -0.15) is 5.10 Å². The fraction of sp³-hybridized carbons (Fsp3) is 0.0833. The second-order valence-electron chi connectivity index (χ2n) is 6.86. The van der Waals surface area contributed by atoms with Crippen LogP contribution in [0.4, 0.5) is 0 Å². The number of rotatable bonds is 5. The van der Waals surface area contributed by atoms with Crippen molar-refractivity contribution >= 4 is 22.6 Å². The highest BCUT2D eigenvalue weighted by Crippen LogP contribution is 2.21. The van der Waals surface area contributed by atoms with Crippen LogP contribution in [0.15, 0.2) is 83.7 Å². The minimum Gasteiger partial charge on any atom is -0.457 e.